The number of anilines is 2. The van der Waals surface area contributed by atoms with Crippen LogP contribution in [-0.4, -0.2) is 47.5 Å². The van der Waals surface area contributed by atoms with Gasteiger partial charge in [-0.05, 0) is 49.8 Å². The van der Waals surface area contributed by atoms with Crippen molar-refractivity contribution >= 4 is 23.6 Å². The largest absolute Gasteiger partial charge is 0.369 e. The highest BCUT2D eigenvalue weighted by atomic mass is 19.1. The molecule has 2 bridgehead atoms. The second-order valence-corrected chi connectivity index (χ2v) is 7.72. The molecule has 1 atom stereocenters. The number of carbonyl (C=O) groups is 2. The standard InChI is InChI=1S/C22H30FN7O2/c23-16-8-6-15(7-9-16)13-28-20(31)17-14-29-22-27-12-4-3-11-26-21(32)18(24)5-1-2-10-25-19(17)30-22/h6-9,14,18H,1-5,10-13,24H2,(H,26,32)(H,28,31)(H2,25,27,29,30)/t18-/m0/s1. The summed E-state index contributed by atoms with van der Waals surface area (Å²) in [5, 5.41) is 12.0. The Labute approximate surface area is 186 Å². The topological polar surface area (TPSA) is 134 Å². The predicted molar refractivity (Wildman–Crippen MR) is 121 cm³/mol. The molecule has 2 aromatic rings. The molecule has 1 aromatic carbocycles. The van der Waals surface area contributed by atoms with E-state index >= 15 is 0 Å². The van der Waals surface area contributed by atoms with Crippen molar-refractivity contribution in [1.82, 2.24) is 20.6 Å². The molecule has 0 aliphatic carbocycles. The van der Waals surface area contributed by atoms with Crippen LogP contribution in [0.1, 0.15) is 48.0 Å². The summed E-state index contributed by atoms with van der Waals surface area (Å²) in [6.45, 7) is 2.05. The number of fused-ring (bicyclic) bond motifs is 2. The van der Waals surface area contributed by atoms with E-state index in [9.17, 15) is 14.0 Å². The zero-order chi connectivity index (χ0) is 22.8. The zero-order valence-electron chi connectivity index (χ0n) is 18.0. The molecule has 9 nitrogen and oxygen atoms in total. The van der Waals surface area contributed by atoms with E-state index in [0.717, 1.165) is 31.2 Å². The number of halogens is 1. The number of hydrogen-bond acceptors (Lipinski definition) is 7. The van der Waals surface area contributed by atoms with Crippen LogP contribution in [0.15, 0.2) is 30.5 Å². The van der Waals surface area contributed by atoms with Crippen molar-refractivity contribution in [2.45, 2.75) is 44.7 Å². The van der Waals surface area contributed by atoms with Crippen LogP contribution in [0.25, 0.3) is 0 Å². The molecule has 6 N–H and O–H groups in total. The van der Waals surface area contributed by atoms with Crippen molar-refractivity contribution in [3.8, 4) is 0 Å². The smallest absolute Gasteiger partial charge is 0.256 e. The molecule has 0 radical (unpaired) electrons. The third-order valence-corrected chi connectivity index (χ3v) is 5.16. The van der Waals surface area contributed by atoms with Gasteiger partial charge in [-0.25, -0.2) is 9.37 Å². The lowest BCUT2D eigenvalue weighted by atomic mass is 10.1. The Morgan fingerprint density at radius 1 is 1.06 bits per heavy atom. The average Bonchev–Trinajstić information content (AvgIpc) is 2.79. The van der Waals surface area contributed by atoms with E-state index in [1.807, 2.05) is 0 Å². The number of rotatable bonds is 3. The van der Waals surface area contributed by atoms with E-state index in [2.05, 4.69) is 31.2 Å². The van der Waals surface area contributed by atoms with Crippen LogP contribution in [0.4, 0.5) is 16.2 Å². The Bertz CT molecular complexity index is 908. The van der Waals surface area contributed by atoms with Gasteiger partial charge in [0.05, 0.1) is 6.04 Å². The van der Waals surface area contributed by atoms with Crippen molar-refractivity contribution in [3.05, 3.63) is 47.4 Å². The maximum Gasteiger partial charge on any atom is 0.256 e. The quantitative estimate of drug-likeness (QED) is 0.488. The van der Waals surface area contributed by atoms with Crippen molar-refractivity contribution in [1.29, 1.82) is 0 Å². The van der Waals surface area contributed by atoms with E-state index in [1.165, 1.54) is 18.3 Å². The molecular weight excluding hydrogens is 413 g/mol. The maximum absolute atomic E-state index is 13.1. The van der Waals surface area contributed by atoms with Crippen LogP contribution in [0.2, 0.25) is 0 Å². The molecule has 10 heteroatoms. The van der Waals surface area contributed by atoms with Gasteiger partial charge in [0.15, 0.2) is 0 Å². The molecule has 0 saturated carbocycles. The zero-order valence-corrected chi connectivity index (χ0v) is 18.0. The van der Waals surface area contributed by atoms with Crippen LogP contribution in [-0.2, 0) is 11.3 Å². The van der Waals surface area contributed by atoms with Gasteiger partial charge in [-0.1, -0.05) is 12.1 Å². The highest BCUT2D eigenvalue weighted by Crippen LogP contribution is 2.15. The lowest BCUT2D eigenvalue weighted by Crippen LogP contribution is -2.41. The minimum absolute atomic E-state index is 0.119. The summed E-state index contributed by atoms with van der Waals surface area (Å²) in [5.41, 5.74) is 7.06. The molecule has 172 valence electrons. The number of hydrogen-bond donors (Lipinski definition) is 5. The fraction of sp³-hybridized carbons (Fsp3) is 0.455. The number of nitrogens with zero attached hydrogens (tertiary/aromatic N) is 2. The van der Waals surface area contributed by atoms with E-state index in [1.54, 1.807) is 12.1 Å². The first-order chi connectivity index (χ1) is 15.5. The minimum atomic E-state index is -0.514. The second kappa shape index (κ2) is 11.9. The Balaban J connectivity index is 1.66. The van der Waals surface area contributed by atoms with Gasteiger partial charge >= 0.3 is 0 Å². The Morgan fingerprint density at radius 2 is 1.75 bits per heavy atom. The number of nitrogens with one attached hydrogen (secondary N) is 4. The monoisotopic (exact) mass is 443 g/mol. The van der Waals surface area contributed by atoms with E-state index in [4.69, 9.17) is 5.73 Å². The Morgan fingerprint density at radius 3 is 2.53 bits per heavy atom. The number of carbonyl (C=O) groups excluding carboxylic acids is 2. The van der Waals surface area contributed by atoms with Crippen molar-refractivity contribution < 1.29 is 14.0 Å². The summed E-state index contributed by atoms with van der Waals surface area (Å²) in [7, 11) is 0. The molecule has 0 saturated heterocycles. The molecular formula is C22H30FN7O2. The summed E-state index contributed by atoms with van der Waals surface area (Å²) < 4.78 is 13.1. The van der Waals surface area contributed by atoms with Gasteiger partial charge in [0.1, 0.15) is 17.2 Å². The molecule has 2 heterocycles. The number of amides is 2. The number of nitrogens with two attached hydrogens (primary N) is 1. The van der Waals surface area contributed by atoms with Gasteiger partial charge < -0.3 is 27.0 Å². The molecule has 0 fully saturated rings. The first kappa shape index (κ1) is 23.4. The number of aromatic nitrogens is 2. The van der Waals surface area contributed by atoms with E-state index < -0.39 is 6.04 Å². The average molecular weight is 444 g/mol. The highest BCUT2D eigenvalue weighted by Gasteiger charge is 2.16. The molecule has 1 aromatic heterocycles. The minimum Gasteiger partial charge on any atom is -0.369 e. The van der Waals surface area contributed by atoms with Crippen molar-refractivity contribution in [3.63, 3.8) is 0 Å². The van der Waals surface area contributed by atoms with Crippen molar-refractivity contribution in [2.24, 2.45) is 5.73 Å². The summed E-state index contributed by atoms with van der Waals surface area (Å²) in [4.78, 5) is 33.5. The molecule has 2 amide bonds. The molecule has 0 spiro atoms. The summed E-state index contributed by atoms with van der Waals surface area (Å²) in [5.74, 6) is 0.104. The lowest BCUT2D eigenvalue weighted by Gasteiger charge is -2.15. The van der Waals surface area contributed by atoms with Gasteiger partial charge in [0.25, 0.3) is 5.91 Å². The van der Waals surface area contributed by atoms with Gasteiger partial charge in [-0.15, -0.1) is 0 Å². The van der Waals surface area contributed by atoms with Crippen LogP contribution in [0.5, 0.6) is 0 Å². The first-order valence-electron chi connectivity index (χ1n) is 10.9. The number of benzene rings is 1. The Hall–Kier alpha value is -3.27. The van der Waals surface area contributed by atoms with Crippen LogP contribution >= 0.6 is 0 Å². The maximum atomic E-state index is 13.1. The molecule has 1 aliphatic heterocycles. The van der Waals surface area contributed by atoms with E-state index in [-0.39, 0.29) is 24.2 Å². The summed E-state index contributed by atoms with van der Waals surface area (Å²) >= 11 is 0. The highest BCUT2D eigenvalue weighted by molar-refractivity contribution is 5.98. The SMILES string of the molecule is N[C@H]1CCCCNc2nc(ncc2C(=O)NCc2ccc(F)cc2)NCCCCNC1=O. The van der Waals surface area contributed by atoms with Gasteiger partial charge in [-0.2, -0.15) is 4.98 Å². The van der Waals surface area contributed by atoms with Gasteiger partial charge in [0, 0.05) is 32.4 Å². The third-order valence-electron chi connectivity index (χ3n) is 5.16. The molecule has 1 aliphatic rings. The molecule has 3 rings (SSSR count). The molecule has 0 unspecified atom stereocenters. The Kier molecular flexibility index (Phi) is 8.73. The molecule has 32 heavy (non-hydrogen) atoms. The summed E-state index contributed by atoms with van der Waals surface area (Å²) in [6, 6.07) is 5.44. The van der Waals surface area contributed by atoms with Crippen LogP contribution < -0.4 is 27.0 Å². The predicted octanol–water partition coefficient (Wildman–Crippen LogP) is 1.78. The first-order valence-corrected chi connectivity index (χ1v) is 10.9. The fourth-order valence-corrected chi connectivity index (χ4v) is 3.27. The van der Waals surface area contributed by atoms with Crippen LogP contribution in [0, 0.1) is 5.82 Å². The lowest BCUT2D eigenvalue weighted by molar-refractivity contribution is -0.122. The normalized spacial score (nSPS) is 18.1. The second-order valence-electron chi connectivity index (χ2n) is 7.72. The van der Waals surface area contributed by atoms with Crippen LogP contribution in [0.3, 0.4) is 0 Å². The van der Waals surface area contributed by atoms with Gasteiger partial charge in [0.2, 0.25) is 11.9 Å². The summed E-state index contributed by atoms with van der Waals surface area (Å²) in [6.07, 6.45) is 5.25. The van der Waals surface area contributed by atoms with Crippen molar-refractivity contribution in [2.75, 3.05) is 30.3 Å². The van der Waals surface area contributed by atoms with E-state index in [0.29, 0.717) is 43.4 Å². The fourth-order valence-electron chi connectivity index (χ4n) is 3.27. The van der Waals surface area contributed by atoms with Gasteiger partial charge in [-0.3, -0.25) is 9.59 Å². The third kappa shape index (κ3) is 7.16.